The van der Waals surface area contributed by atoms with Crippen molar-refractivity contribution in [1.82, 2.24) is 24.7 Å². The summed E-state index contributed by atoms with van der Waals surface area (Å²) in [5, 5.41) is 5.72. The summed E-state index contributed by atoms with van der Waals surface area (Å²) in [4.78, 5) is 14.8. The number of anilines is 1. The average Bonchev–Trinajstić information content (AvgIpc) is 3.35. The predicted molar refractivity (Wildman–Crippen MR) is 118 cm³/mol. The summed E-state index contributed by atoms with van der Waals surface area (Å²) in [6.07, 6.45) is 8.89. The number of aromatic nitrogens is 5. The van der Waals surface area contributed by atoms with Gasteiger partial charge in [0.05, 0.1) is 25.2 Å². The molecule has 1 aliphatic rings. The summed E-state index contributed by atoms with van der Waals surface area (Å²) in [6, 6.07) is 8.18. The van der Waals surface area contributed by atoms with Gasteiger partial charge in [0.1, 0.15) is 11.6 Å². The number of hydrogen-bond donors (Lipinski definition) is 1. The second-order valence-corrected chi connectivity index (χ2v) is 7.61. The maximum atomic E-state index is 5.40. The van der Waals surface area contributed by atoms with Gasteiger partial charge in [0, 0.05) is 41.4 Å². The number of nitrogens with zero attached hydrogens (tertiary/aromatic N) is 5. The van der Waals surface area contributed by atoms with E-state index in [-0.39, 0.29) is 0 Å². The van der Waals surface area contributed by atoms with Gasteiger partial charge in [0.2, 0.25) is 0 Å². The lowest BCUT2D eigenvalue weighted by molar-refractivity contribution is 0.415. The number of aryl methyl sites for hydroxylation is 2. The molecule has 5 rings (SSSR count). The van der Waals surface area contributed by atoms with Crippen molar-refractivity contribution in [1.29, 1.82) is 0 Å². The molecule has 4 heterocycles. The Morgan fingerprint density at radius 1 is 1.10 bits per heavy atom. The van der Waals surface area contributed by atoms with Gasteiger partial charge in [0.15, 0.2) is 5.82 Å². The fraction of sp³-hybridized carbons (Fsp3) is 0.261. The summed E-state index contributed by atoms with van der Waals surface area (Å²) in [5.41, 5.74) is 5.73. The molecule has 0 aliphatic carbocycles. The fourth-order valence-corrected chi connectivity index (χ4v) is 4.08. The maximum Gasteiger partial charge on any atom is 0.174 e. The maximum absolute atomic E-state index is 5.40. The smallest absolute Gasteiger partial charge is 0.174 e. The highest BCUT2D eigenvalue weighted by molar-refractivity contribution is 5.93. The van der Waals surface area contributed by atoms with Gasteiger partial charge in [-0.25, -0.2) is 9.67 Å². The van der Waals surface area contributed by atoms with Crippen LogP contribution in [0.4, 0.5) is 5.82 Å². The molecule has 0 unspecified atom stereocenters. The van der Waals surface area contributed by atoms with E-state index in [0.29, 0.717) is 0 Å². The monoisotopic (exact) mass is 400 g/mol. The van der Waals surface area contributed by atoms with Crippen LogP contribution >= 0.6 is 0 Å². The van der Waals surface area contributed by atoms with Gasteiger partial charge in [-0.2, -0.15) is 5.10 Å². The Bertz CT molecular complexity index is 1250. The molecule has 1 N–H and O–H groups in total. The molecule has 4 aromatic rings. The van der Waals surface area contributed by atoms with Crippen LogP contribution < -0.4 is 9.64 Å². The van der Waals surface area contributed by atoms with Crippen molar-refractivity contribution < 1.29 is 4.74 Å². The Labute approximate surface area is 175 Å². The van der Waals surface area contributed by atoms with E-state index >= 15 is 0 Å². The summed E-state index contributed by atoms with van der Waals surface area (Å²) in [6.45, 7) is 5.69. The third-order valence-electron chi connectivity index (χ3n) is 5.60. The molecule has 0 spiro atoms. The summed E-state index contributed by atoms with van der Waals surface area (Å²) in [7, 11) is 1.70. The van der Waals surface area contributed by atoms with Gasteiger partial charge >= 0.3 is 0 Å². The van der Waals surface area contributed by atoms with E-state index in [9.17, 15) is 0 Å². The number of hydrogen-bond acceptors (Lipinski definition) is 5. The quantitative estimate of drug-likeness (QED) is 0.559. The van der Waals surface area contributed by atoms with Crippen LogP contribution in [-0.4, -0.2) is 44.9 Å². The molecule has 0 bridgehead atoms. The molecule has 0 amide bonds. The van der Waals surface area contributed by atoms with Gasteiger partial charge in [-0.1, -0.05) is 6.08 Å². The van der Waals surface area contributed by atoms with Crippen LogP contribution in [-0.2, 0) is 0 Å². The molecule has 7 heteroatoms. The molecule has 1 aromatic carbocycles. The van der Waals surface area contributed by atoms with Crippen molar-refractivity contribution in [3.63, 3.8) is 0 Å². The number of ether oxygens (including phenoxy) is 1. The van der Waals surface area contributed by atoms with Crippen LogP contribution in [0.3, 0.4) is 0 Å². The SMILES string of the molecule is COc1ccc2[nH]cc(C3=CCN(c4cncc(-n5nc(C)cc5C)n4)CC3)c2c1. The lowest BCUT2D eigenvalue weighted by Gasteiger charge is -2.27. The molecule has 30 heavy (non-hydrogen) atoms. The predicted octanol–water partition coefficient (Wildman–Crippen LogP) is 4.06. The second-order valence-electron chi connectivity index (χ2n) is 7.61. The zero-order chi connectivity index (χ0) is 20.7. The first-order valence-corrected chi connectivity index (χ1v) is 10.1. The van der Waals surface area contributed by atoms with Crippen molar-refractivity contribution in [2.45, 2.75) is 20.3 Å². The van der Waals surface area contributed by atoms with E-state index in [0.717, 1.165) is 53.8 Å². The van der Waals surface area contributed by atoms with E-state index in [4.69, 9.17) is 9.72 Å². The minimum atomic E-state index is 0.747. The van der Waals surface area contributed by atoms with E-state index in [1.54, 1.807) is 13.3 Å². The molecule has 0 radical (unpaired) electrons. The van der Waals surface area contributed by atoms with Gasteiger partial charge in [-0.15, -0.1) is 0 Å². The molecular formula is C23H24N6O. The minimum absolute atomic E-state index is 0.747. The van der Waals surface area contributed by atoms with Crippen LogP contribution in [0.2, 0.25) is 0 Å². The standard InChI is InChI=1S/C23H24N6O/c1-15-10-16(2)29(27-15)23-14-24-13-22(26-23)28-8-6-17(7-9-28)20-12-25-21-5-4-18(30-3)11-19(20)21/h4-6,10-14,25H,7-9H2,1-3H3. The number of nitrogens with one attached hydrogen (secondary N) is 1. The summed E-state index contributed by atoms with van der Waals surface area (Å²) in [5.74, 6) is 2.49. The molecule has 0 saturated carbocycles. The van der Waals surface area contributed by atoms with Gasteiger partial charge in [0.25, 0.3) is 0 Å². The van der Waals surface area contributed by atoms with Crippen molar-refractivity contribution in [2.24, 2.45) is 0 Å². The van der Waals surface area contributed by atoms with Crippen LogP contribution in [0.15, 0.2) is 48.9 Å². The summed E-state index contributed by atoms with van der Waals surface area (Å²) >= 11 is 0. The zero-order valence-electron chi connectivity index (χ0n) is 17.4. The Morgan fingerprint density at radius 2 is 1.97 bits per heavy atom. The fourth-order valence-electron chi connectivity index (χ4n) is 4.08. The molecule has 152 valence electrons. The minimum Gasteiger partial charge on any atom is -0.497 e. The van der Waals surface area contributed by atoms with Crippen LogP contribution in [0.1, 0.15) is 23.4 Å². The number of rotatable bonds is 4. The Hall–Kier alpha value is -3.61. The zero-order valence-corrected chi connectivity index (χ0v) is 17.4. The summed E-state index contributed by atoms with van der Waals surface area (Å²) < 4.78 is 7.25. The molecule has 7 nitrogen and oxygen atoms in total. The first-order chi connectivity index (χ1) is 14.6. The molecule has 0 saturated heterocycles. The van der Waals surface area contributed by atoms with Gasteiger partial charge in [-0.3, -0.25) is 4.98 Å². The van der Waals surface area contributed by atoms with E-state index < -0.39 is 0 Å². The third-order valence-corrected chi connectivity index (χ3v) is 5.60. The largest absolute Gasteiger partial charge is 0.497 e. The normalized spacial score (nSPS) is 14.2. The van der Waals surface area contributed by atoms with Crippen molar-refractivity contribution in [2.75, 3.05) is 25.1 Å². The van der Waals surface area contributed by atoms with Gasteiger partial charge < -0.3 is 14.6 Å². The first kappa shape index (κ1) is 18.4. The van der Waals surface area contributed by atoms with Crippen LogP contribution in [0.5, 0.6) is 5.75 Å². The van der Waals surface area contributed by atoms with Gasteiger partial charge in [-0.05, 0) is 50.1 Å². The number of aromatic amines is 1. The first-order valence-electron chi connectivity index (χ1n) is 10.1. The van der Waals surface area contributed by atoms with Crippen molar-refractivity contribution in [3.05, 3.63) is 65.9 Å². The highest BCUT2D eigenvalue weighted by Gasteiger charge is 2.18. The molecule has 3 aromatic heterocycles. The average molecular weight is 400 g/mol. The lowest BCUT2D eigenvalue weighted by Crippen LogP contribution is -2.29. The van der Waals surface area contributed by atoms with E-state index in [2.05, 4.69) is 44.4 Å². The van der Waals surface area contributed by atoms with Crippen LogP contribution in [0, 0.1) is 13.8 Å². The molecular weight excluding hydrogens is 376 g/mol. The highest BCUT2D eigenvalue weighted by atomic mass is 16.5. The van der Waals surface area contributed by atoms with E-state index in [1.807, 2.05) is 36.9 Å². The number of H-pyrrole nitrogens is 1. The highest BCUT2D eigenvalue weighted by Crippen LogP contribution is 2.32. The number of benzene rings is 1. The number of methoxy groups -OCH3 is 1. The van der Waals surface area contributed by atoms with Crippen molar-refractivity contribution >= 4 is 22.3 Å². The Kier molecular flexibility index (Phi) is 4.50. The topological polar surface area (TPSA) is 71.9 Å². The van der Waals surface area contributed by atoms with Crippen LogP contribution in [0.25, 0.3) is 22.3 Å². The molecule has 0 fully saturated rings. The third kappa shape index (κ3) is 3.22. The second kappa shape index (κ2) is 7.33. The molecule has 0 atom stereocenters. The lowest BCUT2D eigenvalue weighted by atomic mass is 9.99. The van der Waals surface area contributed by atoms with E-state index in [1.165, 1.54) is 16.5 Å². The Morgan fingerprint density at radius 3 is 2.70 bits per heavy atom. The molecule has 1 aliphatic heterocycles. The number of fused-ring (bicyclic) bond motifs is 1. The Balaban J connectivity index is 1.41. The van der Waals surface area contributed by atoms with Crippen molar-refractivity contribution in [3.8, 4) is 11.6 Å².